The molecule has 41 heavy (non-hydrogen) atoms. The highest BCUT2D eigenvalue weighted by Crippen LogP contribution is 2.18. The fourth-order valence-corrected chi connectivity index (χ4v) is 4.73. The van der Waals surface area contributed by atoms with Gasteiger partial charge in [0.15, 0.2) is 0 Å². The van der Waals surface area contributed by atoms with Crippen LogP contribution in [-0.4, -0.2) is 41.2 Å². The van der Waals surface area contributed by atoms with Crippen LogP contribution in [0.3, 0.4) is 0 Å². The number of anilines is 1. The van der Waals surface area contributed by atoms with Gasteiger partial charge in [-0.1, -0.05) is 48.5 Å². The minimum atomic E-state index is -0.802. The Hall–Kier alpha value is -4.05. The van der Waals surface area contributed by atoms with Crippen LogP contribution in [0.2, 0.25) is 0 Å². The number of thiophene rings is 1. The minimum absolute atomic E-state index is 0.192. The zero-order chi connectivity index (χ0) is 29.7. The maximum absolute atomic E-state index is 13.9. The number of carbonyl (C=O) groups excluding carboxylic acids is 3. The number of benzene rings is 2. The third-order valence-corrected chi connectivity index (χ3v) is 6.84. The van der Waals surface area contributed by atoms with Crippen molar-refractivity contribution in [2.24, 2.45) is 0 Å². The zero-order valence-corrected chi connectivity index (χ0v) is 24.7. The average molecular weight is 581 g/mol. The van der Waals surface area contributed by atoms with Gasteiger partial charge in [-0.15, -0.1) is 11.3 Å². The number of nitrogens with two attached hydrogens (primary N) is 1. The van der Waals surface area contributed by atoms with Gasteiger partial charge < -0.3 is 30.7 Å². The summed E-state index contributed by atoms with van der Waals surface area (Å²) in [6.07, 6.45) is 0.408. The Kier molecular flexibility index (Phi) is 12.0. The van der Waals surface area contributed by atoms with Gasteiger partial charge in [-0.2, -0.15) is 0 Å². The van der Waals surface area contributed by atoms with Crippen LogP contribution in [0, 0.1) is 0 Å². The molecule has 0 aliphatic rings. The average Bonchev–Trinajstić information content (AvgIpc) is 3.44. The van der Waals surface area contributed by atoms with Gasteiger partial charge in [-0.05, 0) is 74.7 Å². The van der Waals surface area contributed by atoms with Crippen LogP contribution in [0.15, 0.2) is 72.1 Å². The summed E-state index contributed by atoms with van der Waals surface area (Å²) in [7, 11) is 0. The SMILES string of the molecule is CC(C)(C)OC(=O)N[C@@H](CCCCNC(=O)OCc1ccccc1)C(=O)N(Cc1ccc(N)cc1)Cc1cccs1. The van der Waals surface area contributed by atoms with E-state index in [9.17, 15) is 14.4 Å². The molecule has 2 aromatic carbocycles. The normalized spacial score (nSPS) is 11.8. The van der Waals surface area contributed by atoms with E-state index in [1.165, 1.54) is 0 Å². The van der Waals surface area contributed by atoms with Gasteiger partial charge in [-0.25, -0.2) is 9.59 Å². The van der Waals surface area contributed by atoms with E-state index >= 15 is 0 Å². The van der Waals surface area contributed by atoms with E-state index in [-0.39, 0.29) is 12.5 Å². The van der Waals surface area contributed by atoms with Crippen LogP contribution in [-0.2, 0) is 34.0 Å². The number of ether oxygens (including phenoxy) is 2. The van der Waals surface area contributed by atoms with E-state index in [1.54, 1.807) is 49.1 Å². The molecule has 0 bridgehead atoms. The van der Waals surface area contributed by atoms with Crippen molar-refractivity contribution in [1.29, 1.82) is 0 Å². The Morgan fingerprint density at radius 2 is 1.63 bits per heavy atom. The number of rotatable bonds is 13. The Labute approximate surface area is 246 Å². The van der Waals surface area contributed by atoms with Crippen molar-refractivity contribution >= 4 is 35.1 Å². The van der Waals surface area contributed by atoms with Gasteiger partial charge in [0, 0.05) is 23.7 Å². The lowest BCUT2D eigenvalue weighted by Gasteiger charge is -2.29. The summed E-state index contributed by atoms with van der Waals surface area (Å²) in [5.74, 6) is -0.212. The van der Waals surface area contributed by atoms with E-state index < -0.39 is 23.8 Å². The molecule has 0 fully saturated rings. The Morgan fingerprint density at radius 3 is 2.29 bits per heavy atom. The van der Waals surface area contributed by atoms with Crippen molar-refractivity contribution in [1.82, 2.24) is 15.5 Å². The summed E-state index contributed by atoms with van der Waals surface area (Å²) >= 11 is 1.57. The lowest BCUT2D eigenvalue weighted by Crippen LogP contribution is -2.49. The first-order valence-electron chi connectivity index (χ1n) is 13.7. The topological polar surface area (TPSA) is 123 Å². The van der Waals surface area contributed by atoms with Gasteiger partial charge in [0.05, 0.1) is 6.54 Å². The summed E-state index contributed by atoms with van der Waals surface area (Å²) in [5.41, 5.74) is 7.62. The molecule has 3 aromatic rings. The molecular weight excluding hydrogens is 540 g/mol. The van der Waals surface area contributed by atoms with Crippen LogP contribution < -0.4 is 16.4 Å². The zero-order valence-electron chi connectivity index (χ0n) is 23.9. The summed E-state index contributed by atoms with van der Waals surface area (Å²) in [4.78, 5) is 41.4. The van der Waals surface area contributed by atoms with Gasteiger partial charge in [-0.3, -0.25) is 4.79 Å². The van der Waals surface area contributed by atoms with Crippen molar-refractivity contribution < 1.29 is 23.9 Å². The van der Waals surface area contributed by atoms with E-state index in [0.29, 0.717) is 44.6 Å². The Bertz CT molecular complexity index is 1230. The molecule has 0 saturated heterocycles. The molecular formula is C31H40N4O5S. The second-order valence-electron chi connectivity index (χ2n) is 10.7. The Morgan fingerprint density at radius 1 is 0.902 bits per heavy atom. The summed E-state index contributed by atoms with van der Waals surface area (Å²) in [5, 5.41) is 7.49. The highest BCUT2D eigenvalue weighted by Gasteiger charge is 2.28. The summed E-state index contributed by atoms with van der Waals surface area (Å²) in [6, 6.07) is 20.0. The highest BCUT2D eigenvalue weighted by atomic mass is 32.1. The van der Waals surface area contributed by atoms with Crippen LogP contribution >= 0.6 is 11.3 Å². The molecule has 0 aliphatic heterocycles. The molecule has 10 heteroatoms. The molecule has 0 saturated carbocycles. The maximum Gasteiger partial charge on any atom is 0.408 e. The Balaban J connectivity index is 1.61. The molecule has 1 atom stereocenters. The largest absolute Gasteiger partial charge is 0.445 e. The lowest BCUT2D eigenvalue weighted by molar-refractivity contribution is -0.135. The number of hydrogen-bond donors (Lipinski definition) is 3. The molecule has 0 radical (unpaired) electrons. The molecule has 220 valence electrons. The van der Waals surface area contributed by atoms with Gasteiger partial charge in [0.25, 0.3) is 0 Å². The monoisotopic (exact) mass is 580 g/mol. The molecule has 0 unspecified atom stereocenters. The highest BCUT2D eigenvalue weighted by molar-refractivity contribution is 7.09. The number of alkyl carbamates (subject to hydrolysis) is 2. The number of nitrogens with zero attached hydrogens (tertiary/aromatic N) is 1. The predicted octanol–water partition coefficient (Wildman–Crippen LogP) is 5.85. The smallest absolute Gasteiger partial charge is 0.408 e. The second-order valence-corrected chi connectivity index (χ2v) is 11.7. The molecule has 1 heterocycles. The molecule has 3 amide bonds. The fourth-order valence-electron chi connectivity index (χ4n) is 4.01. The molecule has 4 N–H and O–H groups in total. The molecule has 0 spiro atoms. The lowest BCUT2D eigenvalue weighted by atomic mass is 10.1. The second kappa shape index (κ2) is 15.7. The standard InChI is InChI=1S/C31H40N4O5S/c1-31(2,3)40-30(38)34-27(13-7-8-18-33-29(37)39-22-24-10-5-4-6-11-24)28(36)35(21-26-12-9-19-41-26)20-23-14-16-25(32)17-15-23/h4-6,9-12,14-17,19,27H,7-8,13,18,20-22,32H2,1-3H3,(H,33,37)(H,34,38)/t27-/m0/s1. The third-order valence-electron chi connectivity index (χ3n) is 5.98. The van der Waals surface area contributed by atoms with E-state index in [0.717, 1.165) is 16.0 Å². The van der Waals surface area contributed by atoms with Crippen molar-refractivity contribution in [3.8, 4) is 0 Å². The number of carbonyl (C=O) groups is 3. The van der Waals surface area contributed by atoms with E-state index in [1.807, 2.05) is 60.0 Å². The van der Waals surface area contributed by atoms with Crippen molar-refractivity contribution in [3.63, 3.8) is 0 Å². The number of unbranched alkanes of at least 4 members (excludes halogenated alkanes) is 1. The van der Waals surface area contributed by atoms with Gasteiger partial charge in [0.1, 0.15) is 18.2 Å². The van der Waals surface area contributed by atoms with Gasteiger partial charge >= 0.3 is 12.2 Å². The minimum Gasteiger partial charge on any atom is -0.445 e. The number of hydrogen-bond acceptors (Lipinski definition) is 7. The van der Waals surface area contributed by atoms with Crippen LogP contribution in [0.1, 0.15) is 56.0 Å². The quantitative estimate of drug-likeness (QED) is 0.172. The first-order valence-corrected chi connectivity index (χ1v) is 14.6. The van der Waals surface area contributed by atoms with Crippen molar-refractivity contribution in [2.45, 2.75) is 71.4 Å². The molecule has 9 nitrogen and oxygen atoms in total. The first kappa shape index (κ1) is 31.5. The predicted molar refractivity (Wildman–Crippen MR) is 161 cm³/mol. The fraction of sp³-hybridized carbons (Fsp3) is 0.387. The first-order chi connectivity index (χ1) is 19.6. The van der Waals surface area contributed by atoms with Crippen LogP contribution in [0.5, 0.6) is 0 Å². The van der Waals surface area contributed by atoms with Crippen LogP contribution in [0.4, 0.5) is 15.3 Å². The van der Waals surface area contributed by atoms with Crippen molar-refractivity contribution in [2.75, 3.05) is 12.3 Å². The summed E-state index contributed by atoms with van der Waals surface area (Å²) < 4.78 is 10.7. The number of amides is 3. The molecule has 3 rings (SSSR count). The van der Waals surface area contributed by atoms with Crippen LogP contribution in [0.25, 0.3) is 0 Å². The molecule has 0 aliphatic carbocycles. The van der Waals surface area contributed by atoms with E-state index in [2.05, 4.69) is 10.6 Å². The van der Waals surface area contributed by atoms with Gasteiger partial charge in [0.2, 0.25) is 5.91 Å². The summed E-state index contributed by atoms with van der Waals surface area (Å²) in [6.45, 7) is 6.66. The molecule has 1 aromatic heterocycles. The number of nitrogen functional groups attached to an aromatic ring is 1. The third kappa shape index (κ3) is 11.9. The number of nitrogens with one attached hydrogen (secondary N) is 2. The van der Waals surface area contributed by atoms with E-state index in [4.69, 9.17) is 15.2 Å². The van der Waals surface area contributed by atoms with Crippen molar-refractivity contribution in [3.05, 3.63) is 88.1 Å². The maximum atomic E-state index is 13.9.